The van der Waals surface area contributed by atoms with Crippen LogP contribution < -0.4 is 20.1 Å². The molecule has 3 rings (SSSR count). The van der Waals surface area contributed by atoms with E-state index in [9.17, 15) is 4.79 Å². The fourth-order valence-electron chi connectivity index (χ4n) is 2.21. The van der Waals surface area contributed by atoms with Gasteiger partial charge in [0.2, 0.25) is 0 Å². The van der Waals surface area contributed by atoms with Gasteiger partial charge in [0.1, 0.15) is 6.61 Å². The number of rotatable bonds is 4. The first-order valence-corrected chi connectivity index (χ1v) is 7.25. The number of urea groups is 1. The molecule has 2 N–H and O–H groups in total. The fraction of sp³-hybridized carbons (Fsp3) is 0.235. The Balaban J connectivity index is 1.42. The van der Waals surface area contributed by atoms with Gasteiger partial charge in [-0.15, -0.1) is 0 Å². The smallest absolute Gasteiger partial charge is 0.315 e. The fourth-order valence-corrected chi connectivity index (χ4v) is 2.21. The van der Waals surface area contributed by atoms with Gasteiger partial charge in [0, 0.05) is 6.54 Å². The van der Waals surface area contributed by atoms with E-state index in [1.807, 2.05) is 54.6 Å². The van der Waals surface area contributed by atoms with Gasteiger partial charge in [0.25, 0.3) is 0 Å². The average molecular weight is 298 g/mol. The first kappa shape index (κ1) is 14.3. The zero-order valence-corrected chi connectivity index (χ0v) is 12.1. The topological polar surface area (TPSA) is 59.6 Å². The standard InChI is InChI=1S/C17H18N2O3/c20-17(18-10-13-6-2-1-3-7-13)19-11-14-12-21-15-8-4-5-9-16(15)22-14/h1-9,14H,10-12H2,(H2,18,19,20)/t14-/m1/s1. The highest BCUT2D eigenvalue weighted by molar-refractivity contribution is 5.73. The number of hydrogen-bond acceptors (Lipinski definition) is 3. The number of amides is 2. The summed E-state index contributed by atoms with van der Waals surface area (Å²) >= 11 is 0. The van der Waals surface area contributed by atoms with E-state index in [2.05, 4.69) is 10.6 Å². The van der Waals surface area contributed by atoms with E-state index >= 15 is 0 Å². The van der Waals surface area contributed by atoms with Crippen molar-refractivity contribution >= 4 is 6.03 Å². The largest absolute Gasteiger partial charge is 0.486 e. The van der Waals surface area contributed by atoms with E-state index in [1.54, 1.807) is 0 Å². The molecule has 1 heterocycles. The van der Waals surface area contributed by atoms with E-state index in [0.717, 1.165) is 11.3 Å². The molecule has 0 aliphatic carbocycles. The quantitative estimate of drug-likeness (QED) is 0.910. The van der Waals surface area contributed by atoms with Gasteiger partial charge in [0.05, 0.1) is 6.54 Å². The highest BCUT2D eigenvalue weighted by atomic mass is 16.6. The van der Waals surface area contributed by atoms with E-state index in [0.29, 0.717) is 25.4 Å². The second-order valence-electron chi connectivity index (χ2n) is 5.05. The average Bonchev–Trinajstić information content (AvgIpc) is 2.59. The monoisotopic (exact) mass is 298 g/mol. The lowest BCUT2D eigenvalue weighted by molar-refractivity contribution is 0.0918. The lowest BCUT2D eigenvalue weighted by atomic mass is 10.2. The van der Waals surface area contributed by atoms with Gasteiger partial charge in [-0.2, -0.15) is 0 Å². The van der Waals surface area contributed by atoms with Crippen molar-refractivity contribution in [2.24, 2.45) is 0 Å². The molecule has 0 fully saturated rings. The summed E-state index contributed by atoms with van der Waals surface area (Å²) < 4.78 is 11.4. The third-order valence-corrected chi connectivity index (χ3v) is 3.35. The molecule has 0 radical (unpaired) electrons. The summed E-state index contributed by atoms with van der Waals surface area (Å²) in [6, 6.07) is 17.1. The first-order chi connectivity index (χ1) is 10.8. The third kappa shape index (κ3) is 3.69. The SMILES string of the molecule is O=C(NCc1ccccc1)NC[C@@H]1COc2ccccc2O1. The van der Waals surface area contributed by atoms with E-state index in [1.165, 1.54) is 0 Å². The summed E-state index contributed by atoms with van der Waals surface area (Å²) in [6.45, 7) is 1.32. The summed E-state index contributed by atoms with van der Waals surface area (Å²) in [5.74, 6) is 1.46. The Hall–Kier alpha value is -2.69. The maximum Gasteiger partial charge on any atom is 0.315 e. The molecule has 0 spiro atoms. The van der Waals surface area contributed by atoms with Crippen LogP contribution in [0.1, 0.15) is 5.56 Å². The number of fused-ring (bicyclic) bond motifs is 1. The minimum Gasteiger partial charge on any atom is -0.486 e. The number of benzene rings is 2. The molecule has 22 heavy (non-hydrogen) atoms. The molecule has 1 atom stereocenters. The second-order valence-corrected chi connectivity index (χ2v) is 5.05. The molecule has 0 aromatic heterocycles. The highest BCUT2D eigenvalue weighted by Gasteiger charge is 2.20. The molecular weight excluding hydrogens is 280 g/mol. The summed E-state index contributed by atoms with van der Waals surface area (Å²) in [7, 11) is 0. The molecule has 5 nitrogen and oxygen atoms in total. The van der Waals surface area contributed by atoms with Crippen LogP contribution in [0.5, 0.6) is 11.5 Å². The molecule has 0 unspecified atom stereocenters. The van der Waals surface area contributed by atoms with Crippen molar-refractivity contribution in [2.45, 2.75) is 12.6 Å². The second kappa shape index (κ2) is 6.85. The van der Waals surface area contributed by atoms with Crippen LogP contribution in [0.3, 0.4) is 0 Å². The van der Waals surface area contributed by atoms with Gasteiger partial charge in [0.15, 0.2) is 17.6 Å². The molecule has 114 valence electrons. The minimum absolute atomic E-state index is 0.183. The minimum atomic E-state index is -0.216. The Morgan fingerprint density at radius 3 is 2.55 bits per heavy atom. The van der Waals surface area contributed by atoms with Gasteiger partial charge in [-0.1, -0.05) is 42.5 Å². The van der Waals surface area contributed by atoms with Gasteiger partial charge in [-0.05, 0) is 17.7 Å². The summed E-state index contributed by atoms with van der Waals surface area (Å²) in [4.78, 5) is 11.8. The van der Waals surface area contributed by atoms with Crippen LogP contribution in [0.25, 0.3) is 0 Å². The van der Waals surface area contributed by atoms with Crippen molar-refractivity contribution in [2.75, 3.05) is 13.2 Å². The van der Waals surface area contributed by atoms with Gasteiger partial charge in [-0.25, -0.2) is 4.79 Å². The lowest BCUT2D eigenvalue weighted by Gasteiger charge is -2.26. The predicted octanol–water partition coefficient (Wildman–Crippen LogP) is 2.33. The summed E-state index contributed by atoms with van der Waals surface area (Å²) in [6.07, 6.45) is -0.183. The van der Waals surface area contributed by atoms with E-state index in [-0.39, 0.29) is 12.1 Å². The predicted molar refractivity (Wildman–Crippen MR) is 83.0 cm³/mol. The third-order valence-electron chi connectivity index (χ3n) is 3.35. The molecule has 1 aliphatic heterocycles. The van der Waals surface area contributed by atoms with Gasteiger partial charge >= 0.3 is 6.03 Å². The maximum atomic E-state index is 11.8. The Bertz CT molecular complexity index is 631. The first-order valence-electron chi connectivity index (χ1n) is 7.25. The Labute approximate surface area is 129 Å². The van der Waals surface area contributed by atoms with Gasteiger partial charge < -0.3 is 20.1 Å². The van der Waals surface area contributed by atoms with Crippen molar-refractivity contribution in [3.05, 3.63) is 60.2 Å². The van der Waals surface area contributed by atoms with Crippen molar-refractivity contribution in [1.29, 1.82) is 0 Å². The number of para-hydroxylation sites is 2. The van der Waals surface area contributed by atoms with Crippen molar-refractivity contribution in [1.82, 2.24) is 10.6 Å². The van der Waals surface area contributed by atoms with Crippen LogP contribution in [0.15, 0.2) is 54.6 Å². The van der Waals surface area contributed by atoms with Crippen LogP contribution >= 0.6 is 0 Å². The molecule has 0 saturated heterocycles. The molecule has 0 saturated carbocycles. The van der Waals surface area contributed by atoms with Crippen LogP contribution in [-0.2, 0) is 6.54 Å². The number of carbonyl (C=O) groups is 1. The van der Waals surface area contributed by atoms with E-state index in [4.69, 9.17) is 9.47 Å². The van der Waals surface area contributed by atoms with Crippen LogP contribution in [0.2, 0.25) is 0 Å². The van der Waals surface area contributed by atoms with Crippen molar-refractivity contribution in [3.8, 4) is 11.5 Å². The van der Waals surface area contributed by atoms with E-state index < -0.39 is 0 Å². The van der Waals surface area contributed by atoms with Crippen LogP contribution in [0.4, 0.5) is 4.79 Å². The summed E-state index contributed by atoms with van der Waals surface area (Å²) in [5, 5.41) is 5.61. The number of hydrogen-bond donors (Lipinski definition) is 2. The normalized spacial score (nSPS) is 15.9. The molecule has 2 aromatic carbocycles. The van der Waals surface area contributed by atoms with Crippen LogP contribution in [-0.4, -0.2) is 25.3 Å². The zero-order chi connectivity index (χ0) is 15.2. The Morgan fingerprint density at radius 2 is 1.73 bits per heavy atom. The molecule has 1 aliphatic rings. The highest BCUT2D eigenvalue weighted by Crippen LogP contribution is 2.30. The zero-order valence-electron chi connectivity index (χ0n) is 12.1. The van der Waals surface area contributed by atoms with Crippen molar-refractivity contribution < 1.29 is 14.3 Å². The molecule has 2 amide bonds. The number of ether oxygens (including phenoxy) is 2. The molecule has 0 bridgehead atoms. The molecule has 5 heteroatoms. The van der Waals surface area contributed by atoms with Gasteiger partial charge in [-0.3, -0.25) is 0 Å². The maximum absolute atomic E-state index is 11.8. The summed E-state index contributed by atoms with van der Waals surface area (Å²) in [5.41, 5.74) is 1.06. The Morgan fingerprint density at radius 1 is 1.00 bits per heavy atom. The molecular formula is C17H18N2O3. The number of carbonyl (C=O) groups excluding carboxylic acids is 1. The lowest BCUT2D eigenvalue weighted by Crippen LogP contribution is -2.44. The van der Waals surface area contributed by atoms with Crippen LogP contribution in [0, 0.1) is 0 Å². The molecule has 2 aromatic rings. The number of nitrogens with one attached hydrogen (secondary N) is 2. The van der Waals surface area contributed by atoms with Crippen molar-refractivity contribution in [3.63, 3.8) is 0 Å². The Kier molecular flexibility index (Phi) is 4.44.